The number of amides is 1. The van der Waals surface area contributed by atoms with E-state index >= 15 is 0 Å². The maximum Gasteiger partial charge on any atom is 0.324 e. The van der Waals surface area contributed by atoms with Gasteiger partial charge in [0, 0.05) is 78.0 Å². The molecule has 11 unspecified atom stereocenters. The quantitative estimate of drug-likeness (QED) is 0.0272. The predicted molar refractivity (Wildman–Crippen MR) is 398 cm³/mol. The summed E-state index contributed by atoms with van der Waals surface area (Å²) in [5, 5.41) is 83.1. The Morgan fingerprint density at radius 2 is 0.644 bits per heavy atom. The molecule has 3 heterocycles. The third-order valence-corrected chi connectivity index (χ3v) is 24.3. The van der Waals surface area contributed by atoms with Crippen LogP contribution in [0.3, 0.4) is 0 Å². The highest BCUT2D eigenvalue weighted by atomic mass is 32.5. The lowest BCUT2D eigenvalue weighted by Crippen LogP contribution is -2.64. The van der Waals surface area contributed by atoms with E-state index in [1.54, 1.807) is 6.92 Å². The number of ether oxygens (including phenoxy) is 10. The second-order valence-electron chi connectivity index (χ2n) is 26.6. The number of rotatable bonds is 65. The Bertz CT molecular complexity index is 2330. The molecular weight excluding hydrogens is 1530 g/mol. The summed E-state index contributed by atoms with van der Waals surface area (Å²) in [4.78, 5) is 54.1. The first-order chi connectivity index (χ1) is 49.6. The first-order valence-corrected chi connectivity index (χ1v) is 46.9. The van der Waals surface area contributed by atoms with Crippen molar-refractivity contribution in [2.75, 3.05) is 146 Å². The fourth-order valence-corrected chi connectivity index (χ4v) is 15.7. The normalized spacial score (nSPS) is 28.3. The zero-order valence-electron chi connectivity index (χ0n) is 61.4. The van der Waals surface area contributed by atoms with Crippen LogP contribution < -0.4 is 5.32 Å². The smallest absolute Gasteiger partial charge is 0.324 e. The van der Waals surface area contributed by atoms with Crippen LogP contribution in [0.25, 0.3) is 0 Å². The van der Waals surface area contributed by atoms with Crippen LogP contribution in [0.4, 0.5) is 0 Å². The maximum atomic E-state index is 11.8. The van der Waals surface area contributed by atoms with Crippen LogP contribution in [0.2, 0.25) is 0 Å². The van der Waals surface area contributed by atoms with Crippen LogP contribution in [0.1, 0.15) is 163 Å². The average molecular weight is 1660 g/mol. The molecule has 3 rings (SSSR count). The Morgan fingerprint density at radius 1 is 0.365 bits per heavy atom. The highest BCUT2D eigenvalue weighted by molar-refractivity contribution is 8.08. The molecule has 104 heavy (non-hydrogen) atoms. The SMILES string of the molecule is COP(O)(=S)OCCCCCCCCOCC(COCCCOP(O)(=S)OCCCCCCO[C@@H]1OC(CO)[C@H](C)[C@H](O)C1C)(COCCCOP(O)(=S)OCCCCCCO[C@@H]1OC(CO)[C@H](O)[C@H](O)C1C)COCCCOP(O)(=S)OCCCCCCO[C@@H]1OC(CO)[C@H](O)[C@H](O)C1NC(C)=O. The lowest BCUT2D eigenvalue weighted by Gasteiger charge is -2.42. The zero-order chi connectivity index (χ0) is 76.9. The van der Waals surface area contributed by atoms with Crippen molar-refractivity contribution in [2.45, 2.75) is 236 Å². The van der Waals surface area contributed by atoms with Gasteiger partial charge in [-0.15, -0.1) is 0 Å². The fraction of sp³-hybridized carbons (Fsp3) is 0.984. The molecule has 3 saturated heterocycles. The molecule has 0 aromatic rings. The number of aliphatic hydroxyl groups excluding tert-OH is 8. The zero-order valence-corrected chi connectivity index (χ0v) is 68.2. The first-order valence-electron chi connectivity index (χ1n) is 36.6. The Hall–Kier alpha value is 0.870. The Morgan fingerprint density at radius 3 is 1.00 bits per heavy atom. The number of carbonyl (C=O) groups is 1. The predicted octanol–water partition coefficient (Wildman–Crippen LogP) is 5.28. The molecule has 0 bridgehead atoms. The van der Waals surface area contributed by atoms with Gasteiger partial charge in [-0.25, -0.2) is 0 Å². The number of aliphatic hydroxyl groups is 8. The lowest BCUT2D eigenvalue weighted by molar-refractivity contribution is -0.282. The summed E-state index contributed by atoms with van der Waals surface area (Å²) < 4.78 is 104. The molecule has 618 valence electrons. The van der Waals surface area contributed by atoms with E-state index in [0.29, 0.717) is 90.6 Å². The Balaban J connectivity index is 1.53. The van der Waals surface area contributed by atoms with Crippen molar-refractivity contribution < 1.29 is 149 Å². The van der Waals surface area contributed by atoms with Crippen molar-refractivity contribution in [3.63, 3.8) is 0 Å². The maximum absolute atomic E-state index is 11.8. The summed E-state index contributed by atoms with van der Waals surface area (Å²) in [7, 11) is 1.32. The number of carbonyl (C=O) groups excluding carboxylic acids is 1. The lowest BCUT2D eigenvalue weighted by atomic mass is 9.86. The summed E-state index contributed by atoms with van der Waals surface area (Å²) in [6.07, 6.45) is 3.70. The number of hydrogen-bond acceptors (Lipinski definition) is 31. The van der Waals surface area contributed by atoms with Crippen molar-refractivity contribution in [3.05, 3.63) is 0 Å². The van der Waals surface area contributed by atoms with Crippen molar-refractivity contribution in [1.82, 2.24) is 5.32 Å². The minimum absolute atomic E-state index is 0.0270. The van der Waals surface area contributed by atoms with Crippen molar-refractivity contribution in [2.24, 2.45) is 23.2 Å². The highest BCUT2D eigenvalue weighted by Gasteiger charge is 2.46. The largest absolute Gasteiger partial charge is 0.394 e. The second-order valence-corrected chi connectivity index (χ2v) is 38.0. The molecule has 0 aromatic heterocycles. The minimum atomic E-state index is -3.61. The van der Waals surface area contributed by atoms with Gasteiger partial charge < -0.3 is 149 Å². The molecule has 0 saturated carbocycles. The highest BCUT2D eigenvalue weighted by Crippen LogP contribution is 2.46. The molecule has 0 aromatic carbocycles. The molecule has 3 aliphatic heterocycles. The molecule has 20 atom stereocenters. The molecule has 32 nitrogen and oxygen atoms in total. The van der Waals surface area contributed by atoms with Gasteiger partial charge in [-0.1, -0.05) is 85.0 Å². The van der Waals surface area contributed by atoms with Crippen molar-refractivity contribution in [3.8, 4) is 0 Å². The van der Waals surface area contributed by atoms with E-state index in [1.807, 2.05) is 13.8 Å². The molecule has 0 spiro atoms. The van der Waals surface area contributed by atoms with Gasteiger partial charge in [-0.2, -0.15) is 0 Å². The van der Waals surface area contributed by atoms with Crippen LogP contribution in [-0.2, 0) is 136 Å². The van der Waals surface area contributed by atoms with E-state index < -0.39 is 131 Å². The van der Waals surface area contributed by atoms with Gasteiger partial charge in [0.05, 0.1) is 116 Å². The first kappa shape index (κ1) is 99.1. The van der Waals surface area contributed by atoms with E-state index in [9.17, 15) is 65.2 Å². The third-order valence-electron chi connectivity index (χ3n) is 17.6. The van der Waals surface area contributed by atoms with Crippen LogP contribution in [0.15, 0.2) is 0 Å². The molecular formula is C64H127NO31P4S4. The van der Waals surface area contributed by atoms with E-state index in [2.05, 4.69) is 5.32 Å². The summed E-state index contributed by atoms with van der Waals surface area (Å²) >= 11 is 20.8. The van der Waals surface area contributed by atoms with E-state index in [1.165, 1.54) is 14.0 Å². The van der Waals surface area contributed by atoms with Crippen LogP contribution in [0, 0.1) is 23.2 Å². The van der Waals surface area contributed by atoms with Crippen LogP contribution in [0.5, 0.6) is 0 Å². The van der Waals surface area contributed by atoms with E-state index in [4.69, 9.17) is 131 Å². The van der Waals surface area contributed by atoms with Crippen molar-refractivity contribution in [1.29, 1.82) is 0 Å². The summed E-state index contributed by atoms with van der Waals surface area (Å²) in [6, 6.07) is -1.04. The fourth-order valence-electron chi connectivity index (χ4n) is 11.3. The summed E-state index contributed by atoms with van der Waals surface area (Å²) in [6.45, 7) is -5.08. The van der Waals surface area contributed by atoms with Gasteiger partial charge in [0.15, 0.2) is 18.9 Å². The standard InChI is InChI=1S/C64H127NO31P4S4/c1-48-52(41-66)94-61(49(2)56(48)70)84-31-17-10-13-21-35-88-98(76,102)91-38-24-28-81-45-64(44-80-27-16-8-6-7-9-20-34-87-97(75,101)79-5,46-82-29-25-39-92-99(77,103)89-36-22-14-11-18-32-85-62-50(3)57(71)58(72)53(42-67)95-62)47-83-30-26-40-93-100(78,104)90-37-23-15-12-19-33-86-63-55(65-51(4)69)60(74)59(73)54(43-68)96-63/h48-50,52-63,66-68,70-74H,6-47H2,1-5H3,(H,65,69)(H,75,101)(H,76,102)(H,77,103)(H,78,104)/t48-,49?,50?,52?,53?,54?,55?,56-,57+,58-,59-,60+,61+,62+,63+,64?,97?,98?,99?,100?/m0/s1. The van der Waals surface area contributed by atoms with Gasteiger partial charge >= 0.3 is 26.9 Å². The summed E-state index contributed by atoms with van der Waals surface area (Å²) in [5.74, 6) is -1.38. The third kappa shape index (κ3) is 42.3. The average Bonchev–Trinajstić information content (AvgIpc) is 0.823. The second kappa shape index (κ2) is 56.2. The Kier molecular flexibility index (Phi) is 53.5. The van der Waals surface area contributed by atoms with Crippen LogP contribution in [-0.4, -0.2) is 286 Å². The van der Waals surface area contributed by atoms with Crippen molar-refractivity contribution >= 4 is 80.0 Å². The molecule has 0 aliphatic carbocycles. The van der Waals surface area contributed by atoms with Gasteiger partial charge in [0.2, 0.25) is 5.91 Å². The van der Waals surface area contributed by atoms with Gasteiger partial charge in [0.1, 0.15) is 36.6 Å². The number of nitrogens with one attached hydrogen (secondary N) is 1. The van der Waals surface area contributed by atoms with Crippen LogP contribution >= 0.6 is 26.9 Å². The summed E-state index contributed by atoms with van der Waals surface area (Å²) in [5.41, 5.74) is -0.875. The number of unbranched alkanes of at least 4 members (excludes halogenated alkanes) is 14. The van der Waals surface area contributed by atoms with Gasteiger partial charge in [-0.3, -0.25) is 4.79 Å². The number of hydrogen-bond donors (Lipinski definition) is 13. The van der Waals surface area contributed by atoms with Gasteiger partial charge in [-0.05, 0) is 118 Å². The molecule has 40 heteroatoms. The molecule has 0 radical (unpaired) electrons. The van der Waals surface area contributed by atoms with E-state index in [0.717, 1.165) is 70.6 Å². The van der Waals surface area contributed by atoms with E-state index in [-0.39, 0.29) is 111 Å². The monoisotopic (exact) mass is 1660 g/mol. The molecule has 13 N–H and O–H groups in total. The Labute approximate surface area is 636 Å². The van der Waals surface area contributed by atoms with Gasteiger partial charge in [0.25, 0.3) is 0 Å². The molecule has 3 fully saturated rings. The minimum Gasteiger partial charge on any atom is -0.394 e. The molecule has 3 aliphatic rings. The topological polar surface area (TPSA) is 438 Å². The molecule has 1 amide bonds.